The molecule has 0 N–H and O–H groups in total. The number of imidazole rings is 1. The van der Waals surface area contributed by atoms with E-state index in [1.165, 1.54) is 0 Å². The van der Waals surface area contributed by atoms with E-state index < -0.39 is 0 Å². The van der Waals surface area contributed by atoms with Crippen LogP contribution < -0.4 is 0 Å². The Morgan fingerprint density at radius 1 is 1.00 bits per heavy atom. The van der Waals surface area contributed by atoms with Crippen LogP contribution in [0.4, 0.5) is 0 Å². The van der Waals surface area contributed by atoms with Gasteiger partial charge < -0.3 is 4.57 Å². The van der Waals surface area contributed by atoms with Crippen molar-refractivity contribution >= 4 is 52.4 Å². The molecule has 0 saturated carbocycles. The molecule has 0 atom stereocenters. The fourth-order valence-corrected chi connectivity index (χ4v) is 2.76. The van der Waals surface area contributed by atoms with E-state index in [0.29, 0.717) is 31.9 Å². The molecule has 2 aromatic carbocycles. The molecule has 0 spiro atoms. The maximum atomic E-state index is 12.9. The molecule has 0 saturated heterocycles. The highest BCUT2D eigenvalue weighted by Crippen LogP contribution is 2.25. The van der Waals surface area contributed by atoms with Gasteiger partial charge in [-0.05, 0) is 48.0 Å². The highest BCUT2D eigenvalue weighted by atomic mass is 35.5. The van der Waals surface area contributed by atoms with E-state index in [1.807, 2.05) is 0 Å². The fraction of sp³-hybridized carbons (Fsp3) is 0. The van der Waals surface area contributed by atoms with E-state index in [2.05, 4.69) is 4.98 Å². The Hall–Kier alpha value is -2.07. The Kier molecular flexibility index (Phi) is 5.05. The number of aromatic nitrogens is 2. The van der Waals surface area contributed by atoms with Gasteiger partial charge in [0.05, 0.1) is 12.0 Å². The molecular weight excluding hydrogens is 367 g/mol. The van der Waals surface area contributed by atoms with Gasteiger partial charge in [-0.3, -0.25) is 4.79 Å². The number of carbonyl (C=O) groups excluding carboxylic acids is 1. The number of rotatable bonds is 4. The third kappa shape index (κ3) is 3.70. The van der Waals surface area contributed by atoms with Crippen molar-refractivity contribution < 1.29 is 4.79 Å². The Morgan fingerprint density at radius 3 is 2.33 bits per heavy atom. The Balaban J connectivity index is 2.08. The molecule has 3 nitrogen and oxygen atoms in total. The second-order valence-electron chi connectivity index (χ2n) is 5.00. The number of Topliss-reactive ketones (excluding diaryl/α,β-unsaturated/α-hetero) is 1. The van der Waals surface area contributed by atoms with Crippen LogP contribution in [0.2, 0.25) is 15.1 Å². The number of hydrogen-bond acceptors (Lipinski definition) is 2. The lowest BCUT2D eigenvalue weighted by Crippen LogP contribution is -2.08. The van der Waals surface area contributed by atoms with Crippen LogP contribution in [-0.2, 0) is 0 Å². The molecule has 1 aromatic heterocycles. The van der Waals surface area contributed by atoms with Crippen molar-refractivity contribution in [3.8, 4) is 0 Å². The van der Waals surface area contributed by atoms with Gasteiger partial charge >= 0.3 is 0 Å². The Labute approximate surface area is 154 Å². The summed E-state index contributed by atoms with van der Waals surface area (Å²) < 4.78 is 1.64. The van der Waals surface area contributed by atoms with Gasteiger partial charge in [-0.1, -0.05) is 40.9 Å². The molecule has 3 rings (SSSR count). The van der Waals surface area contributed by atoms with Gasteiger partial charge in [0.1, 0.15) is 0 Å². The minimum atomic E-state index is -0.171. The monoisotopic (exact) mass is 376 g/mol. The minimum absolute atomic E-state index is 0.171. The van der Waals surface area contributed by atoms with Crippen LogP contribution >= 0.6 is 34.8 Å². The number of hydrogen-bond donors (Lipinski definition) is 0. The first-order valence-corrected chi connectivity index (χ1v) is 8.13. The lowest BCUT2D eigenvalue weighted by Gasteiger charge is -2.09. The highest BCUT2D eigenvalue weighted by Gasteiger charge is 2.15. The number of benzene rings is 2. The summed E-state index contributed by atoms with van der Waals surface area (Å²) in [5, 5.41) is 1.56. The Morgan fingerprint density at radius 2 is 1.71 bits per heavy atom. The van der Waals surface area contributed by atoms with Gasteiger partial charge in [-0.25, -0.2) is 4.98 Å². The van der Waals surface area contributed by atoms with Crippen molar-refractivity contribution in [2.24, 2.45) is 0 Å². The van der Waals surface area contributed by atoms with E-state index in [-0.39, 0.29) is 5.78 Å². The summed E-state index contributed by atoms with van der Waals surface area (Å²) in [5.41, 5.74) is 1.62. The Bertz CT molecular complexity index is 901. The molecule has 0 aliphatic heterocycles. The molecule has 120 valence electrons. The summed E-state index contributed by atoms with van der Waals surface area (Å²) in [7, 11) is 0. The van der Waals surface area contributed by atoms with Gasteiger partial charge in [0.15, 0.2) is 0 Å². The van der Waals surface area contributed by atoms with Gasteiger partial charge in [0.2, 0.25) is 5.78 Å². The van der Waals surface area contributed by atoms with Crippen LogP contribution in [0.15, 0.2) is 61.2 Å². The average Bonchev–Trinajstić information content (AvgIpc) is 3.08. The standard InChI is InChI=1S/C18H11Cl3N2O/c19-14-4-1-12(2-5-14)18(24)17(23-8-7-22-11-23)9-13-3-6-15(20)10-16(13)21/h1-11H/b17-9-. The summed E-state index contributed by atoms with van der Waals surface area (Å²) in [6, 6.07) is 11.8. The summed E-state index contributed by atoms with van der Waals surface area (Å²) in [6.45, 7) is 0. The molecule has 3 aromatic rings. The van der Waals surface area contributed by atoms with Crippen LogP contribution in [0.3, 0.4) is 0 Å². The van der Waals surface area contributed by atoms with Crippen molar-refractivity contribution in [2.75, 3.05) is 0 Å². The minimum Gasteiger partial charge on any atom is -0.303 e. The zero-order valence-corrected chi connectivity index (χ0v) is 14.6. The summed E-state index contributed by atoms with van der Waals surface area (Å²) in [6.07, 6.45) is 6.57. The van der Waals surface area contributed by atoms with Crippen LogP contribution in [0, 0.1) is 0 Å². The number of halogens is 3. The van der Waals surface area contributed by atoms with E-state index in [0.717, 1.165) is 0 Å². The molecule has 6 heteroatoms. The van der Waals surface area contributed by atoms with Crippen molar-refractivity contribution in [1.82, 2.24) is 9.55 Å². The molecule has 0 radical (unpaired) electrons. The van der Waals surface area contributed by atoms with Crippen molar-refractivity contribution in [2.45, 2.75) is 0 Å². The molecule has 24 heavy (non-hydrogen) atoms. The van der Waals surface area contributed by atoms with Gasteiger partial charge in [0, 0.05) is 33.0 Å². The summed E-state index contributed by atoms with van der Waals surface area (Å²) in [4.78, 5) is 16.9. The predicted molar refractivity (Wildman–Crippen MR) is 98.6 cm³/mol. The SMILES string of the molecule is O=C(/C(=C/c1ccc(Cl)cc1Cl)n1ccnc1)c1ccc(Cl)cc1. The fourth-order valence-electron chi connectivity index (χ4n) is 2.17. The molecule has 0 bridgehead atoms. The van der Waals surface area contributed by atoms with Crippen LogP contribution in [0.25, 0.3) is 11.8 Å². The van der Waals surface area contributed by atoms with E-state index >= 15 is 0 Å². The number of allylic oxidation sites excluding steroid dienone is 1. The topological polar surface area (TPSA) is 34.9 Å². The van der Waals surface area contributed by atoms with Crippen LogP contribution in [0.1, 0.15) is 15.9 Å². The van der Waals surface area contributed by atoms with E-state index in [9.17, 15) is 4.79 Å². The largest absolute Gasteiger partial charge is 0.303 e. The first-order valence-electron chi connectivity index (χ1n) is 7.00. The smallest absolute Gasteiger partial charge is 0.209 e. The zero-order valence-electron chi connectivity index (χ0n) is 12.3. The van der Waals surface area contributed by atoms with E-state index in [1.54, 1.807) is 71.8 Å². The van der Waals surface area contributed by atoms with Crippen molar-refractivity contribution in [1.29, 1.82) is 0 Å². The summed E-state index contributed by atoms with van der Waals surface area (Å²) >= 11 is 18.0. The van der Waals surface area contributed by atoms with E-state index in [4.69, 9.17) is 34.8 Å². The maximum Gasteiger partial charge on any atom is 0.209 e. The second kappa shape index (κ2) is 7.22. The van der Waals surface area contributed by atoms with Crippen LogP contribution in [-0.4, -0.2) is 15.3 Å². The normalized spacial score (nSPS) is 11.5. The molecule has 1 heterocycles. The lowest BCUT2D eigenvalue weighted by molar-refractivity contribution is 0.105. The molecule has 0 unspecified atom stereocenters. The summed E-state index contributed by atoms with van der Waals surface area (Å²) in [5.74, 6) is -0.171. The first-order chi connectivity index (χ1) is 11.5. The maximum absolute atomic E-state index is 12.9. The quantitative estimate of drug-likeness (QED) is 0.430. The second-order valence-corrected chi connectivity index (χ2v) is 6.28. The third-order valence-electron chi connectivity index (χ3n) is 3.38. The molecule has 0 aliphatic carbocycles. The number of ketones is 1. The lowest BCUT2D eigenvalue weighted by atomic mass is 10.1. The van der Waals surface area contributed by atoms with Gasteiger partial charge in [0.25, 0.3) is 0 Å². The third-order valence-corrected chi connectivity index (χ3v) is 4.19. The number of nitrogens with zero attached hydrogens (tertiary/aromatic N) is 2. The van der Waals surface area contributed by atoms with Crippen molar-refractivity contribution in [3.05, 3.63) is 87.4 Å². The molecule has 0 amide bonds. The van der Waals surface area contributed by atoms with Crippen molar-refractivity contribution in [3.63, 3.8) is 0 Å². The molecular formula is C18H11Cl3N2O. The van der Waals surface area contributed by atoms with Gasteiger partial charge in [-0.2, -0.15) is 0 Å². The average molecular weight is 378 g/mol. The number of carbonyl (C=O) groups is 1. The first kappa shape index (κ1) is 16.8. The molecule has 0 fully saturated rings. The zero-order chi connectivity index (χ0) is 17.1. The highest BCUT2D eigenvalue weighted by molar-refractivity contribution is 6.36. The van der Waals surface area contributed by atoms with Crippen LogP contribution in [0.5, 0.6) is 0 Å². The predicted octanol–water partition coefficient (Wildman–Crippen LogP) is 5.72. The molecule has 0 aliphatic rings. The van der Waals surface area contributed by atoms with Gasteiger partial charge in [-0.15, -0.1) is 0 Å².